The molecule has 1 saturated carbocycles. The molecule has 4 rings (SSSR count). The Bertz CT molecular complexity index is 908. The smallest absolute Gasteiger partial charge is 0.266 e. The molecule has 1 saturated heterocycles. The van der Waals surface area contributed by atoms with Crippen molar-refractivity contribution in [1.82, 2.24) is 4.90 Å². The molecule has 29 heavy (non-hydrogen) atoms. The first kappa shape index (κ1) is 20.2. The number of methoxy groups -OCH3 is 1. The molecule has 1 aromatic carbocycles. The number of thiocarbonyl (C=S) groups is 1. The van der Waals surface area contributed by atoms with Gasteiger partial charge in [-0.05, 0) is 49.2 Å². The molecule has 0 atom stereocenters. The van der Waals surface area contributed by atoms with E-state index in [1.54, 1.807) is 7.11 Å². The molecule has 0 radical (unpaired) electrons. The van der Waals surface area contributed by atoms with Crippen LogP contribution in [0.4, 0.5) is 0 Å². The molecule has 2 aliphatic rings. The molecule has 0 unspecified atom stereocenters. The Morgan fingerprint density at radius 2 is 1.76 bits per heavy atom. The summed E-state index contributed by atoms with van der Waals surface area (Å²) in [6, 6.07) is 11.8. The fourth-order valence-electron chi connectivity index (χ4n) is 3.96. The summed E-state index contributed by atoms with van der Waals surface area (Å²) in [5.41, 5.74) is 0.965. The average Bonchev–Trinajstić information content (AvgIpc) is 3.27. The molecule has 2 aromatic rings. The minimum Gasteiger partial charge on any atom is -0.497 e. The third-order valence-corrected chi connectivity index (χ3v) is 6.87. The van der Waals surface area contributed by atoms with Crippen molar-refractivity contribution >= 4 is 40.3 Å². The Morgan fingerprint density at radius 1 is 1.07 bits per heavy atom. The third kappa shape index (κ3) is 4.59. The van der Waals surface area contributed by atoms with Crippen molar-refractivity contribution in [2.45, 2.75) is 51.0 Å². The largest absolute Gasteiger partial charge is 0.497 e. The quantitative estimate of drug-likeness (QED) is 0.425. The first-order valence-electron chi connectivity index (χ1n) is 10.2. The maximum Gasteiger partial charge on any atom is 0.266 e. The highest BCUT2D eigenvalue weighted by Crippen LogP contribution is 2.37. The second-order valence-corrected chi connectivity index (χ2v) is 9.16. The van der Waals surface area contributed by atoms with Gasteiger partial charge in [-0.2, -0.15) is 0 Å². The van der Waals surface area contributed by atoms with Crippen molar-refractivity contribution < 1.29 is 13.9 Å². The average molecular weight is 428 g/mol. The summed E-state index contributed by atoms with van der Waals surface area (Å²) in [7, 11) is 1.65. The topological polar surface area (TPSA) is 42.7 Å². The lowest BCUT2D eigenvalue weighted by Crippen LogP contribution is -2.39. The molecule has 1 aliphatic heterocycles. The van der Waals surface area contributed by atoms with Crippen molar-refractivity contribution in [3.63, 3.8) is 0 Å². The van der Waals surface area contributed by atoms with Crippen molar-refractivity contribution in [2.75, 3.05) is 7.11 Å². The van der Waals surface area contributed by atoms with Gasteiger partial charge in [0, 0.05) is 17.7 Å². The Balaban J connectivity index is 1.50. The van der Waals surface area contributed by atoms with E-state index in [-0.39, 0.29) is 11.9 Å². The molecule has 1 amide bonds. The number of rotatable bonds is 4. The van der Waals surface area contributed by atoms with Crippen LogP contribution in [0.15, 0.2) is 45.7 Å². The molecule has 4 nitrogen and oxygen atoms in total. The summed E-state index contributed by atoms with van der Waals surface area (Å²) in [5.74, 6) is 2.25. The minimum absolute atomic E-state index is 0.0213. The first-order chi connectivity index (χ1) is 14.2. The number of carbonyl (C=O) groups excluding carboxylic acids is 1. The standard InChI is InChI=1S/C23H25NO3S2/c1-26-18-11-9-16(10-12-18)20-14-13-19(27-20)15-21-22(25)24(23(28)29-21)17-7-5-3-2-4-6-8-17/h9-15,17H,2-8H2,1H3/b21-15+. The van der Waals surface area contributed by atoms with Crippen LogP contribution < -0.4 is 4.74 Å². The lowest BCUT2D eigenvalue weighted by Gasteiger charge is -2.28. The van der Waals surface area contributed by atoms with Gasteiger partial charge in [-0.25, -0.2) is 0 Å². The number of ether oxygens (including phenoxy) is 1. The SMILES string of the molecule is COc1ccc(-c2ccc(/C=C3/SC(=S)N(C4CCCCCCC4)C3=O)o2)cc1. The van der Waals surface area contributed by atoms with Gasteiger partial charge in [-0.3, -0.25) is 9.69 Å². The summed E-state index contributed by atoms with van der Waals surface area (Å²) in [6.07, 6.45) is 10.1. The molecule has 0 spiro atoms. The van der Waals surface area contributed by atoms with Crippen LogP contribution in [0.2, 0.25) is 0 Å². The van der Waals surface area contributed by atoms with Gasteiger partial charge >= 0.3 is 0 Å². The van der Waals surface area contributed by atoms with Crippen LogP contribution in [0, 0.1) is 0 Å². The van der Waals surface area contributed by atoms with Gasteiger partial charge in [-0.15, -0.1) is 0 Å². The van der Waals surface area contributed by atoms with Crippen molar-refractivity contribution in [1.29, 1.82) is 0 Å². The summed E-state index contributed by atoms with van der Waals surface area (Å²) in [5, 5.41) is 0. The van der Waals surface area contributed by atoms with Crippen LogP contribution >= 0.6 is 24.0 Å². The first-order valence-corrected chi connectivity index (χ1v) is 11.4. The maximum absolute atomic E-state index is 13.1. The highest BCUT2D eigenvalue weighted by Gasteiger charge is 2.37. The zero-order valence-electron chi connectivity index (χ0n) is 16.6. The van der Waals surface area contributed by atoms with Gasteiger partial charge in [0.1, 0.15) is 21.6 Å². The van der Waals surface area contributed by atoms with E-state index in [1.165, 1.54) is 43.9 Å². The second kappa shape index (κ2) is 9.18. The molecule has 1 aliphatic carbocycles. The number of benzene rings is 1. The highest BCUT2D eigenvalue weighted by atomic mass is 32.2. The number of thioether (sulfide) groups is 1. The second-order valence-electron chi connectivity index (χ2n) is 7.48. The van der Waals surface area contributed by atoms with Gasteiger partial charge in [0.05, 0.1) is 12.0 Å². The lowest BCUT2D eigenvalue weighted by atomic mass is 9.96. The maximum atomic E-state index is 13.1. The monoisotopic (exact) mass is 427 g/mol. The number of amides is 1. The Kier molecular flexibility index (Phi) is 6.40. The number of carbonyl (C=O) groups is 1. The molecule has 2 heterocycles. The van der Waals surface area contributed by atoms with E-state index in [4.69, 9.17) is 21.4 Å². The van der Waals surface area contributed by atoms with Gasteiger partial charge in [0.25, 0.3) is 5.91 Å². The fraction of sp³-hybridized carbons (Fsp3) is 0.391. The van der Waals surface area contributed by atoms with Gasteiger partial charge in [0.15, 0.2) is 0 Å². The zero-order valence-corrected chi connectivity index (χ0v) is 18.2. The van der Waals surface area contributed by atoms with Crippen LogP contribution in [0.5, 0.6) is 5.75 Å². The van der Waals surface area contributed by atoms with Crippen LogP contribution in [-0.4, -0.2) is 28.3 Å². The van der Waals surface area contributed by atoms with E-state index in [0.717, 1.165) is 29.9 Å². The highest BCUT2D eigenvalue weighted by molar-refractivity contribution is 8.26. The molecule has 0 bridgehead atoms. The molecule has 152 valence electrons. The molecular weight excluding hydrogens is 402 g/mol. The van der Waals surface area contributed by atoms with E-state index in [2.05, 4.69) is 0 Å². The van der Waals surface area contributed by atoms with Crippen molar-refractivity contribution in [3.05, 3.63) is 47.1 Å². The minimum atomic E-state index is 0.0213. The normalized spacial score (nSPS) is 20.2. The van der Waals surface area contributed by atoms with Crippen LogP contribution in [0.3, 0.4) is 0 Å². The predicted molar refractivity (Wildman–Crippen MR) is 122 cm³/mol. The Labute approximate surface area is 181 Å². The summed E-state index contributed by atoms with van der Waals surface area (Å²) in [4.78, 5) is 15.6. The van der Waals surface area contributed by atoms with E-state index in [1.807, 2.05) is 47.4 Å². The molecular formula is C23H25NO3S2. The number of nitrogens with zero attached hydrogens (tertiary/aromatic N) is 1. The van der Waals surface area contributed by atoms with Crippen LogP contribution in [0.1, 0.15) is 50.7 Å². The van der Waals surface area contributed by atoms with Crippen molar-refractivity contribution in [2.24, 2.45) is 0 Å². The van der Waals surface area contributed by atoms with E-state index >= 15 is 0 Å². The van der Waals surface area contributed by atoms with E-state index in [0.29, 0.717) is 15.0 Å². The zero-order chi connectivity index (χ0) is 20.2. The van der Waals surface area contributed by atoms with Gasteiger partial charge in [0.2, 0.25) is 0 Å². The Morgan fingerprint density at radius 3 is 2.45 bits per heavy atom. The fourth-order valence-corrected chi connectivity index (χ4v) is 5.34. The van der Waals surface area contributed by atoms with Crippen molar-refractivity contribution in [3.8, 4) is 17.1 Å². The lowest BCUT2D eigenvalue weighted by molar-refractivity contribution is -0.123. The van der Waals surface area contributed by atoms with Gasteiger partial charge < -0.3 is 9.15 Å². The predicted octanol–water partition coefficient (Wildman–Crippen LogP) is 6.27. The number of hydrogen-bond donors (Lipinski definition) is 0. The van der Waals surface area contributed by atoms with E-state index in [9.17, 15) is 4.79 Å². The van der Waals surface area contributed by atoms with Crippen LogP contribution in [0.25, 0.3) is 17.4 Å². The molecule has 1 aromatic heterocycles. The van der Waals surface area contributed by atoms with Gasteiger partial charge in [-0.1, -0.05) is 56.1 Å². The number of hydrogen-bond acceptors (Lipinski definition) is 5. The molecule has 2 fully saturated rings. The summed E-state index contributed by atoms with van der Waals surface area (Å²) >= 11 is 6.94. The Hall–Kier alpha value is -2.05. The molecule has 0 N–H and O–H groups in total. The summed E-state index contributed by atoms with van der Waals surface area (Å²) in [6.45, 7) is 0. The van der Waals surface area contributed by atoms with Crippen LogP contribution in [-0.2, 0) is 4.79 Å². The van der Waals surface area contributed by atoms with E-state index < -0.39 is 0 Å². The molecule has 6 heteroatoms. The summed E-state index contributed by atoms with van der Waals surface area (Å²) < 4.78 is 11.8. The number of furan rings is 1. The third-order valence-electron chi connectivity index (χ3n) is 5.54.